The maximum absolute atomic E-state index is 12.9. The number of rotatable bonds is 7. The molecule has 3 N–H and O–H groups in total. The van der Waals surface area contributed by atoms with Gasteiger partial charge in [0, 0.05) is 5.54 Å². The number of nitrogens with one attached hydrogen (secondary N) is 1. The molecule has 0 radical (unpaired) electrons. The van der Waals surface area contributed by atoms with Gasteiger partial charge in [-0.3, -0.25) is 0 Å². The Hall–Kier alpha value is -0.930. The second kappa shape index (κ2) is 6.72. The molecular weight excluding hydrogens is 215 g/mol. The van der Waals surface area contributed by atoms with E-state index in [0.29, 0.717) is 0 Å². The van der Waals surface area contributed by atoms with Crippen molar-refractivity contribution in [3.05, 3.63) is 35.6 Å². The third-order valence-electron chi connectivity index (χ3n) is 2.65. The van der Waals surface area contributed by atoms with Crippen LogP contribution in [0, 0.1) is 5.82 Å². The molecule has 17 heavy (non-hydrogen) atoms. The molecule has 0 aliphatic carbocycles. The minimum Gasteiger partial charge on any atom is -0.326 e. The molecule has 0 amide bonds. The van der Waals surface area contributed by atoms with Crippen molar-refractivity contribution in [3.8, 4) is 0 Å². The first kappa shape index (κ1) is 14.1. The van der Waals surface area contributed by atoms with Crippen molar-refractivity contribution in [1.29, 1.82) is 0 Å². The van der Waals surface area contributed by atoms with E-state index < -0.39 is 0 Å². The maximum atomic E-state index is 12.9. The van der Waals surface area contributed by atoms with Gasteiger partial charge in [0.1, 0.15) is 5.82 Å². The average molecular weight is 238 g/mol. The lowest BCUT2D eigenvalue weighted by Crippen LogP contribution is -2.33. The second-order valence-corrected chi connectivity index (χ2v) is 5.22. The molecule has 2 nitrogen and oxygen atoms in total. The van der Waals surface area contributed by atoms with Gasteiger partial charge >= 0.3 is 0 Å². The van der Waals surface area contributed by atoms with Gasteiger partial charge in [-0.1, -0.05) is 12.1 Å². The van der Waals surface area contributed by atoms with Crippen molar-refractivity contribution in [2.75, 3.05) is 13.1 Å². The van der Waals surface area contributed by atoms with Crippen molar-refractivity contribution in [1.82, 2.24) is 5.32 Å². The SMILES string of the molecule is CC(C)(N)CCCNCCc1cccc(F)c1. The summed E-state index contributed by atoms with van der Waals surface area (Å²) in [6, 6.07) is 6.76. The molecule has 0 atom stereocenters. The molecule has 0 saturated carbocycles. The van der Waals surface area contributed by atoms with Gasteiger partial charge in [0.25, 0.3) is 0 Å². The van der Waals surface area contributed by atoms with Crippen LogP contribution in [0.3, 0.4) is 0 Å². The van der Waals surface area contributed by atoms with Gasteiger partial charge in [0.15, 0.2) is 0 Å². The Morgan fingerprint density at radius 1 is 1.29 bits per heavy atom. The van der Waals surface area contributed by atoms with E-state index in [4.69, 9.17) is 5.73 Å². The lowest BCUT2D eigenvalue weighted by molar-refractivity contribution is 0.449. The van der Waals surface area contributed by atoms with E-state index in [0.717, 1.165) is 37.9 Å². The van der Waals surface area contributed by atoms with Crippen molar-refractivity contribution in [2.24, 2.45) is 5.73 Å². The number of benzene rings is 1. The minimum absolute atomic E-state index is 0.0791. The standard InChI is InChI=1S/C14H23FN2/c1-14(2,16)8-4-9-17-10-7-12-5-3-6-13(15)11-12/h3,5-6,11,17H,4,7-10,16H2,1-2H3. The van der Waals surface area contributed by atoms with E-state index in [1.54, 1.807) is 12.1 Å². The Labute approximate surface area is 103 Å². The van der Waals surface area contributed by atoms with Gasteiger partial charge in [0.2, 0.25) is 0 Å². The monoisotopic (exact) mass is 238 g/mol. The topological polar surface area (TPSA) is 38.0 Å². The minimum atomic E-state index is -0.160. The molecule has 0 unspecified atom stereocenters. The van der Waals surface area contributed by atoms with Crippen LogP contribution in [0.2, 0.25) is 0 Å². The third kappa shape index (κ3) is 7.08. The van der Waals surface area contributed by atoms with Crippen LogP contribution in [0.4, 0.5) is 4.39 Å². The van der Waals surface area contributed by atoms with E-state index in [9.17, 15) is 4.39 Å². The lowest BCUT2D eigenvalue weighted by atomic mass is 10.0. The molecule has 1 rings (SSSR count). The number of hydrogen-bond donors (Lipinski definition) is 2. The van der Waals surface area contributed by atoms with E-state index >= 15 is 0 Å². The van der Waals surface area contributed by atoms with Crippen LogP contribution >= 0.6 is 0 Å². The first-order chi connectivity index (χ1) is 7.97. The Bertz CT molecular complexity index is 331. The van der Waals surface area contributed by atoms with Crippen LogP contribution in [0.1, 0.15) is 32.3 Å². The molecule has 0 aliphatic rings. The molecule has 1 aromatic rings. The van der Waals surface area contributed by atoms with E-state index in [1.165, 1.54) is 6.07 Å². The molecule has 0 bridgehead atoms. The van der Waals surface area contributed by atoms with Gasteiger partial charge in [-0.05, 0) is 63.9 Å². The molecule has 96 valence electrons. The normalized spacial score (nSPS) is 11.8. The molecule has 0 saturated heterocycles. The highest BCUT2D eigenvalue weighted by Crippen LogP contribution is 2.06. The Morgan fingerprint density at radius 3 is 2.71 bits per heavy atom. The van der Waals surface area contributed by atoms with Gasteiger partial charge < -0.3 is 11.1 Å². The predicted octanol–water partition coefficient (Wildman–Crippen LogP) is 2.48. The van der Waals surface area contributed by atoms with Crippen LogP contribution in [-0.2, 0) is 6.42 Å². The fraction of sp³-hybridized carbons (Fsp3) is 0.571. The van der Waals surface area contributed by atoms with Crippen LogP contribution in [0.5, 0.6) is 0 Å². The van der Waals surface area contributed by atoms with E-state index in [2.05, 4.69) is 5.32 Å². The lowest BCUT2D eigenvalue weighted by Gasteiger charge is -2.17. The zero-order valence-electron chi connectivity index (χ0n) is 10.8. The van der Waals surface area contributed by atoms with Crippen molar-refractivity contribution in [3.63, 3.8) is 0 Å². The average Bonchev–Trinajstić information content (AvgIpc) is 2.22. The van der Waals surface area contributed by atoms with Crippen molar-refractivity contribution in [2.45, 2.75) is 38.6 Å². The first-order valence-corrected chi connectivity index (χ1v) is 6.21. The van der Waals surface area contributed by atoms with Crippen molar-refractivity contribution >= 4 is 0 Å². The first-order valence-electron chi connectivity index (χ1n) is 6.21. The van der Waals surface area contributed by atoms with Gasteiger partial charge in [-0.2, -0.15) is 0 Å². The highest BCUT2D eigenvalue weighted by molar-refractivity contribution is 5.16. The Morgan fingerprint density at radius 2 is 2.06 bits per heavy atom. The van der Waals surface area contributed by atoms with Crippen LogP contribution < -0.4 is 11.1 Å². The summed E-state index contributed by atoms with van der Waals surface area (Å²) in [4.78, 5) is 0. The smallest absolute Gasteiger partial charge is 0.123 e. The van der Waals surface area contributed by atoms with E-state index in [-0.39, 0.29) is 11.4 Å². The van der Waals surface area contributed by atoms with Crippen LogP contribution in [-0.4, -0.2) is 18.6 Å². The Kier molecular flexibility index (Phi) is 5.59. The van der Waals surface area contributed by atoms with Crippen LogP contribution in [0.15, 0.2) is 24.3 Å². The van der Waals surface area contributed by atoms with Gasteiger partial charge in [-0.15, -0.1) is 0 Å². The zero-order valence-corrected chi connectivity index (χ0v) is 10.8. The van der Waals surface area contributed by atoms with Gasteiger partial charge in [0.05, 0.1) is 0 Å². The van der Waals surface area contributed by atoms with Gasteiger partial charge in [-0.25, -0.2) is 4.39 Å². The highest BCUT2D eigenvalue weighted by atomic mass is 19.1. The second-order valence-electron chi connectivity index (χ2n) is 5.22. The van der Waals surface area contributed by atoms with E-state index in [1.807, 2.05) is 19.9 Å². The molecule has 0 fully saturated rings. The number of nitrogens with two attached hydrogens (primary N) is 1. The molecular formula is C14H23FN2. The fourth-order valence-corrected chi connectivity index (χ4v) is 1.72. The molecule has 0 spiro atoms. The largest absolute Gasteiger partial charge is 0.326 e. The summed E-state index contributed by atoms with van der Waals surface area (Å²) in [7, 11) is 0. The summed E-state index contributed by atoms with van der Waals surface area (Å²) in [5.41, 5.74) is 6.85. The van der Waals surface area contributed by atoms with Crippen molar-refractivity contribution < 1.29 is 4.39 Å². The summed E-state index contributed by atoms with van der Waals surface area (Å²) in [6.45, 7) is 5.93. The fourth-order valence-electron chi connectivity index (χ4n) is 1.72. The molecule has 3 heteroatoms. The summed E-state index contributed by atoms with van der Waals surface area (Å²) < 4.78 is 12.9. The summed E-state index contributed by atoms with van der Waals surface area (Å²) in [6.07, 6.45) is 2.95. The number of hydrogen-bond acceptors (Lipinski definition) is 2. The number of halogens is 1. The quantitative estimate of drug-likeness (QED) is 0.716. The highest BCUT2D eigenvalue weighted by Gasteiger charge is 2.08. The molecule has 0 aromatic heterocycles. The summed E-state index contributed by atoms with van der Waals surface area (Å²) in [5.74, 6) is -0.160. The summed E-state index contributed by atoms with van der Waals surface area (Å²) in [5, 5.41) is 3.35. The zero-order chi connectivity index (χ0) is 12.7. The molecule has 0 heterocycles. The third-order valence-corrected chi connectivity index (χ3v) is 2.65. The maximum Gasteiger partial charge on any atom is 0.123 e. The summed E-state index contributed by atoms with van der Waals surface area (Å²) >= 11 is 0. The van der Waals surface area contributed by atoms with Crippen LogP contribution in [0.25, 0.3) is 0 Å². The molecule has 1 aromatic carbocycles. The Balaban J connectivity index is 2.09. The predicted molar refractivity (Wildman–Crippen MR) is 70.5 cm³/mol. The molecule has 0 aliphatic heterocycles.